The molecule has 0 saturated heterocycles. The summed E-state index contributed by atoms with van der Waals surface area (Å²) in [5.74, 6) is 0.782. The Balaban J connectivity index is 1.73. The maximum atomic E-state index is 12.1. The van der Waals surface area contributed by atoms with Crippen LogP contribution in [0.4, 0.5) is 5.95 Å². The number of aryl methyl sites for hydroxylation is 2. The van der Waals surface area contributed by atoms with Crippen LogP contribution in [0.5, 0.6) is 5.75 Å². The quantitative estimate of drug-likeness (QED) is 0.535. The molecule has 0 bridgehead atoms. The van der Waals surface area contributed by atoms with Crippen LogP contribution in [0.3, 0.4) is 0 Å². The fourth-order valence-electron chi connectivity index (χ4n) is 3.67. The van der Waals surface area contributed by atoms with E-state index in [1.54, 1.807) is 18.2 Å². The molecule has 0 amide bonds. The molecule has 0 radical (unpaired) electrons. The van der Waals surface area contributed by atoms with E-state index in [4.69, 9.17) is 0 Å². The molecule has 1 heterocycles. The Morgan fingerprint density at radius 2 is 1.77 bits per heavy atom. The number of H-pyrrole nitrogens is 1. The van der Waals surface area contributed by atoms with Gasteiger partial charge in [-0.05, 0) is 68.8 Å². The summed E-state index contributed by atoms with van der Waals surface area (Å²) < 4.78 is 0. The third-order valence-corrected chi connectivity index (χ3v) is 5.38. The van der Waals surface area contributed by atoms with E-state index in [-0.39, 0.29) is 11.6 Å². The summed E-state index contributed by atoms with van der Waals surface area (Å²) in [6.45, 7) is 4.67. The van der Waals surface area contributed by atoms with Crippen molar-refractivity contribution >= 4 is 5.95 Å². The molecule has 0 fully saturated rings. The Labute approximate surface area is 177 Å². The number of hydrogen-bond acceptors (Lipinski definition) is 5. The summed E-state index contributed by atoms with van der Waals surface area (Å²) in [6, 6.07) is 15.3. The Morgan fingerprint density at radius 3 is 2.40 bits per heavy atom. The van der Waals surface area contributed by atoms with Gasteiger partial charge in [-0.1, -0.05) is 30.3 Å². The lowest BCUT2D eigenvalue weighted by molar-refractivity contribution is 0.302. The lowest BCUT2D eigenvalue weighted by atomic mass is 9.95. The predicted octanol–water partition coefficient (Wildman–Crippen LogP) is 3.27. The molecule has 6 heteroatoms. The van der Waals surface area contributed by atoms with E-state index in [1.807, 2.05) is 58.3 Å². The molecule has 0 aliphatic heterocycles. The number of hydrogen-bond donors (Lipinski definition) is 3. The van der Waals surface area contributed by atoms with Crippen LogP contribution >= 0.6 is 0 Å². The molecule has 0 aliphatic rings. The molecule has 3 aromatic rings. The topological polar surface area (TPSA) is 81.2 Å². The fourth-order valence-corrected chi connectivity index (χ4v) is 3.67. The molecule has 0 aliphatic carbocycles. The van der Waals surface area contributed by atoms with Gasteiger partial charge in [-0.25, -0.2) is 4.98 Å². The van der Waals surface area contributed by atoms with Crippen molar-refractivity contribution in [2.45, 2.75) is 32.7 Å². The van der Waals surface area contributed by atoms with Gasteiger partial charge >= 0.3 is 0 Å². The first-order chi connectivity index (χ1) is 14.3. The second-order valence-corrected chi connectivity index (χ2v) is 8.01. The number of phenols is 1. The molecule has 3 rings (SSSR count). The number of aromatic nitrogens is 2. The smallest absolute Gasteiger partial charge is 0.252 e. The summed E-state index contributed by atoms with van der Waals surface area (Å²) >= 11 is 0. The minimum absolute atomic E-state index is 0.162. The lowest BCUT2D eigenvalue weighted by Crippen LogP contribution is -2.37. The predicted molar refractivity (Wildman–Crippen MR) is 121 cm³/mol. The van der Waals surface area contributed by atoms with Crippen molar-refractivity contribution in [2.75, 3.05) is 26.0 Å². The molecule has 0 spiro atoms. The number of phenolic OH excluding ortho intramolecular Hbond substituents is 1. The van der Waals surface area contributed by atoms with Crippen molar-refractivity contribution in [1.29, 1.82) is 0 Å². The average Bonchev–Trinajstić information content (AvgIpc) is 2.67. The first kappa shape index (κ1) is 21.6. The summed E-state index contributed by atoms with van der Waals surface area (Å²) in [4.78, 5) is 21.7. The molecule has 0 saturated carbocycles. The largest absolute Gasteiger partial charge is 0.508 e. The zero-order chi connectivity index (χ0) is 21.7. The van der Waals surface area contributed by atoms with Crippen molar-refractivity contribution in [3.8, 4) is 5.75 Å². The zero-order valence-electron chi connectivity index (χ0n) is 18.1. The molecule has 30 heavy (non-hydrogen) atoms. The second-order valence-electron chi connectivity index (χ2n) is 8.01. The summed E-state index contributed by atoms with van der Waals surface area (Å²) in [5.41, 5.74) is 5.08. The zero-order valence-corrected chi connectivity index (χ0v) is 18.1. The van der Waals surface area contributed by atoms with Crippen molar-refractivity contribution in [3.63, 3.8) is 0 Å². The van der Waals surface area contributed by atoms with Gasteiger partial charge in [-0.2, -0.15) is 0 Å². The normalized spacial score (nSPS) is 12.2. The average molecular weight is 407 g/mol. The van der Waals surface area contributed by atoms with E-state index in [2.05, 4.69) is 20.2 Å². The standard InChI is InChI=1S/C24H30N4O2/c1-16-10-21(29)11-17(2)22(16)14-20(28(3)4)15-25-24-26-19(13-23(30)27-24)12-18-8-6-5-7-9-18/h5-11,13,20,29H,12,14-15H2,1-4H3,(H2,25,26,27,30). The molecule has 158 valence electrons. The Hall–Kier alpha value is -3.12. The highest BCUT2D eigenvalue weighted by Crippen LogP contribution is 2.23. The number of likely N-dealkylation sites (N-methyl/N-ethyl adjacent to an activating group) is 1. The van der Waals surface area contributed by atoms with Gasteiger partial charge in [0.1, 0.15) is 5.75 Å². The molecule has 2 aromatic carbocycles. The lowest BCUT2D eigenvalue weighted by Gasteiger charge is -2.26. The summed E-state index contributed by atoms with van der Waals surface area (Å²) in [5, 5.41) is 13.1. The van der Waals surface area contributed by atoms with Gasteiger partial charge in [0.2, 0.25) is 5.95 Å². The van der Waals surface area contributed by atoms with Gasteiger partial charge in [0, 0.05) is 25.1 Å². The highest BCUT2D eigenvalue weighted by atomic mass is 16.3. The summed E-state index contributed by atoms with van der Waals surface area (Å²) in [7, 11) is 4.08. The van der Waals surface area contributed by atoms with Gasteiger partial charge in [-0.15, -0.1) is 0 Å². The maximum Gasteiger partial charge on any atom is 0.252 e. The highest BCUT2D eigenvalue weighted by Gasteiger charge is 2.16. The van der Waals surface area contributed by atoms with E-state index in [0.29, 0.717) is 24.7 Å². The van der Waals surface area contributed by atoms with Crippen LogP contribution < -0.4 is 10.9 Å². The van der Waals surface area contributed by atoms with Crippen LogP contribution in [-0.2, 0) is 12.8 Å². The van der Waals surface area contributed by atoms with Crippen LogP contribution in [0.15, 0.2) is 53.3 Å². The monoisotopic (exact) mass is 406 g/mol. The number of aromatic amines is 1. The van der Waals surface area contributed by atoms with Crippen molar-refractivity contribution in [2.24, 2.45) is 0 Å². The minimum atomic E-state index is -0.162. The molecule has 1 atom stereocenters. The molecular formula is C24H30N4O2. The molecule has 6 nitrogen and oxygen atoms in total. The Morgan fingerprint density at radius 1 is 1.10 bits per heavy atom. The first-order valence-electron chi connectivity index (χ1n) is 10.2. The fraction of sp³-hybridized carbons (Fsp3) is 0.333. The van der Waals surface area contributed by atoms with E-state index in [9.17, 15) is 9.90 Å². The van der Waals surface area contributed by atoms with Crippen LogP contribution in [-0.4, -0.2) is 46.7 Å². The van der Waals surface area contributed by atoms with Crippen LogP contribution in [0.25, 0.3) is 0 Å². The van der Waals surface area contributed by atoms with Gasteiger partial charge in [-0.3, -0.25) is 9.78 Å². The number of aromatic hydroxyl groups is 1. The molecule has 1 unspecified atom stereocenters. The van der Waals surface area contributed by atoms with E-state index in [1.165, 1.54) is 5.56 Å². The van der Waals surface area contributed by atoms with Crippen molar-refractivity contribution < 1.29 is 5.11 Å². The first-order valence-corrected chi connectivity index (χ1v) is 10.2. The van der Waals surface area contributed by atoms with Gasteiger partial charge in [0.25, 0.3) is 5.56 Å². The second kappa shape index (κ2) is 9.59. The number of nitrogens with zero attached hydrogens (tertiary/aromatic N) is 2. The molecule has 3 N–H and O–H groups in total. The third-order valence-electron chi connectivity index (χ3n) is 5.38. The third kappa shape index (κ3) is 5.70. The van der Waals surface area contributed by atoms with Crippen LogP contribution in [0.2, 0.25) is 0 Å². The molecular weight excluding hydrogens is 376 g/mol. The SMILES string of the molecule is Cc1cc(O)cc(C)c1CC(CNc1nc(Cc2ccccc2)cc(=O)[nH]1)N(C)C. The van der Waals surface area contributed by atoms with Gasteiger partial charge in [0.05, 0.1) is 5.69 Å². The Kier molecular flexibility index (Phi) is 6.90. The number of benzene rings is 2. The van der Waals surface area contributed by atoms with Crippen LogP contribution in [0.1, 0.15) is 27.9 Å². The van der Waals surface area contributed by atoms with Crippen molar-refractivity contribution in [1.82, 2.24) is 14.9 Å². The molecule has 1 aromatic heterocycles. The van der Waals surface area contributed by atoms with Crippen LogP contribution in [0, 0.1) is 13.8 Å². The van der Waals surface area contributed by atoms with E-state index in [0.717, 1.165) is 28.8 Å². The van der Waals surface area contributed by atoms with Gasteiger partial charge in [0.15, 0.2) is 0 Å². The summed E-state index contributed by atoms with van der Waals surface area (Å²) in [6.07, 6.45) is 1.44. The van der Waals surface area contributed by atoms with Gasteiger partial charge < -0.3 is 15.3 Å². The van der Waals surface area contributed by atoms with E-state index >= 15 is 0 Å². The van der Waals surface area contributed by atoms with E-state index < -0.39 is 0 Å². The maximum absolute atomic E-state index is 12.1. The minimum Gasteiger partial charge on any atom is -0.508 e. The number of nitrogens with one attached hydrogen (secondary N) is 2. The van der Waals surface area contributed by atoms with Crippen molar-refractivity contribution in [3.05, 3.63) is 86.8 Å². The number of rotatable bonds is 8. The number of anilines is 1. The Bertz CT molecular complexity index is 1020. The highest BCUT2D eigenvalue weighted by molar-refractivity contribution is 5.41.